The standard InChI is InChI=1S/C14H29N3O2/c1-11(2)19-8-4-7-16-14(18)10-17(3)13(9-15)12-5-6-12/h11-13H,4-10,15H2,1-3H3,(H,16,18). The number of likely N-dealkylation sites (N-methyl/N-ethyl adjacent to an activating group) is 1. The Morgan fingerprint density at radius 1 is 1.47 bits per heavy atom. The van der Waals surface area contributed by atoms with E-state index in [1.165, 1.54) is 12.8 Å². The molecule has 19 heavy (non-hydrogen) atoms. The van der Waals surface area contributed by atoms with Crippen molar-refractivity contribution < 1.29 is 9.53 Å². The van der Waals surface area contributed by atoms with Crippen LogP contribution < -0.4 is 11.1 Å². The molecule has 0 saturated heterocycles. The molecule has 5 heteroatoms. The summed E-state index contributed by atoms with van der Waals surface area (Å²) in [5.41, 5.74) is 5.77. The molecule has 5 nitrogen and oxygen atoms in total. The van der Waals surface area contributed by atoms with Crippen molar-refractivity contribution in [3.8, 4) is 0 Å². The van der Waals surface area contributed by atoms with Crippen LogP contribution in [0.4, 0.5) is 0 Å². The highest BCUT2D eigenvalue weighted by molar-refractivity contribution is 5.77. The largest absolute Gasteiger partial charge is 0.379 e. The lowest BCUT2D eigenvalue weighted by Gasteiger charge is -2.26. The summed E-state index contributed by atoms with van der Waals surface area (Å²) in [6, 6.07) is 0.357. The summed E-state index contributed by atoms with van der Waals surface area (Å²) >= 11 is 0. The third-order valence-electron chi connectivity index (χ3n) is 3.46. The second kappa shape index (κ2) is 8.51. The molecule has 1 unspecified atom stereocenters. The summed E-state index contributed by atoms with van der Waals surface area (Å²) in [6.45, 7) is 6.47. The van der Waals surface area contributed by atoms with Gasteiger partial charge >= 0.3 is 0 Å². The average Bonchev–Trinajstić information content (AvgIpc) is 3.13. The first-order valence-electron chi connectivity index (χ1n) is 7.33. The van der Waals surface area contributed by atoms with Gasteiger partial charge in [-0.3, -0.25) is 9.69 Å². The van der Waals surface area contributed by atoms with Gasteiger partial charge in [-0.15, -0.1) is 0 Å². The number of nitrogens with two attached hydrogens (primary N) is 1. The Balaban J connectivity index is 2.09. The van der Waals surface area contributed by atoms with Gasteiger partial charge in [-0.2, -0.15) is 0 Å². The van der Waals surface area contributed by atoms with Gasteiger partial charge < -0.3 is 15.8 Å². The Morgan fingerprint density at radius 2 is 2.16 bits per heavy atom. The van der Waals surface area contributed by atoms with Crippen molar-refractivity contribution >= 4 is 5.91 Å². The van der Waals surface area contributed by atoms with Crippen molar-refractivity contribution in [3.05, 3.63) is 0 Å². The maximum absolute atomic E-state index is 11.8. The zero-order valence-electron chi connectivity index (χ0n) is 12.5. The van der Waals surface area contributed by atoms with Crippen molar-refractivity contribution in [2.75, 3.05) is 33.3 Å². The molecule has 0 aromatic heterocycles. The summed E-state index contributed by atoms with van der Waals surface area (Å²) in [6.07, 6.45) is 3.61. The third-order valence-corrected chi connectivity index (χ3v) is 3.46. The zero-order valence-corrected chi connectivity index (χ0v) is 12.5. The first-order valence-corrected chi connectivity index (χ1v) is 7.33. The van der Waals surface area contributed by atoms with Crippen LogP contribution in [-0.4, -0.2) is 56.2 Å². The van der Waals surface area contributed by atoms with E-state index in [1.807, 2.05) is 20.9 Å². The summed E-state index contributed by atoms with van der Waals surface area (Å²) in [5, 5.41) is 2.92. The number of hydrogen-bond donors (Lipinski definition) is 2. The van der Waals surface area contributed by atoms with Crippen LogP contribution in [0.2, 0.25) is 0 Å². The van der Waals surface area contributed by atoms with Crippen LogP contribution in [0.5, 0.6) is 0 Å². The fourth-order valence-corrected chi connectivity index (χ4v) is 2.23. The molecule has 0 aromatic rings. The monoisotopic (exact) mass is 271 g/mol. The molecule has 1 aliphatic rings. The van der Waals surface area contributed by atoms with E-state index in [0.29, 0.717) is 38.2 Å². The second-order valence-electron chi connectivity index (χ2n) is 5.68. The molecule has 0 spiro atoms. The Labute approximate surface area is 116 Å². The van der Waals surface area contributed by atoms with Crippen LogP contribution in [0.15, 0.2) is 0 Å². The van der Waals surface area contributed by atoms with Gasteiger partial charge in [0.25, 0.3) is 0 Å². The van der Waals surface area contributed by atoms with Gasteiger partial charge in [-0.25, -0.2) is 0 Å². The number of hydrogen-bond acceptors (Lipinski definition) is 4. The van der Waals surface area contributed by atoms with E-state index < -0.39 is 0 Å². The molecule has 1 amide bonds. The van der Waals surface area contributed by atoms with Gasteiger partial charge in [0.2, 0.25) is 5.91 Å². The number of nitrogens with one attached hydrogen (secondary N) is 1. The Hall–Kier alpha value is -0.650. The SMILES string of the molecule is CC(C)OCCCNC(=O)CN(C)C(CN)C1CC1. The molecule has 112 valence electrons. The summed E-state index contributed by atoms with van der Waals surface area (Å²) in [7, 11) is 1.98. The number of amides is 1. The highest BCUT2D eigenvalue weighted by atomic mass is 16.5. The minimum Gasteiger partial charge on any atom is -0.379 e. The van der Waals surface area contributed by atoms with Gasteiger partial charge in [-0.1, -0.05) is 0 Å². The minimum atomic E-state index is 0.0751. The smallest absolute Gasteiger partial charge is 0.234 e. The molecule has 0 heterocycles. The maximum atomic E-state index is 11.8. The number of nitrogens with zero attached hydrogens (tertiary/aromatic N) is 1. The third kappa shape index (κ3) is 6.89. The number of ether oxygens (including phenoxy) is 1. The van der Waals surface area contributed by atoms with Crippen LogP contribution >= 0.6 is 0 Å². The number of rotatable bonds is 10. The Morgan fingerprint density at radius 3 is 2.68 bits per heavy atom. The molecule has 1 aliphatic carbocycles. The molecule has 0 bridgehead atoms. The molecular weight excluding hydrogens is 242 g/mol. The molecule has 1 atom stereocenters. The molecule has 1 rings (SSSR count). The van der Waals surface area contributed by atoms with E-state index in [2.05, 4.69) is 10.2 Å². The number of carbonyl (C=O) groups excluding carboxylic acids is 1. The van der Waals surface area contributed by atoms with Crippen molar-refractivity contribution in [3.63, 3.8) is 0 Å². The van der Waals surface area contributed by atoms with E-state index in [1.54, 1.807) is 0 Å². The molecule has 3 N–H and O–H groups in total. The first-order chi connectivity index (χ1) is 9.04. The zero-order chi connectivity index (χ0) is 14.3. The normalized spacial score (nSPS) is 16.9. The molecule has 0 radical (unpaired) electrons. The fourth-order valence-electron chi connectivity index (χ4n) is 2.23. The second-order valence-corrected chi connectivity index (χ2v) is 5.68. The summed E-state index contributed by atoms with van der Waals surface area (Å²) in [4.78, 5) is 13.9. The lowest BCUT2D eigenvalue weighted by atomic mass is 10.1. The van der Waals surface area contributed by atoms with Crippen molar-refractivity contribution in [2.24, 2.45) is 11.7 Å². The molecule has 1 saturated carbocycles. The van der Waals surface area contributed by atoms with Gasteiger partial charge in [-0.05, 0) is 46.1 Å². The van der Waals surface area contributed by atoms with Crippen molar-refractivity contribution in [1.29, 1.82) is 0 Å². The molecule has 0 aromatic carbocycles. The van der Waals surface area contributed by atoms with Crippen LogP contribution in [0.3, 0.4) is 0 Å². The summed E-state index contributed by atoms with van der Waals surface area (Å²) in [5.74, 6) is 0.772. The van der Waals surface area contributed by atoms with E-state index in [4.69, 9.17) is 10.5 Å². The minimum absolute atomic E-state index is 0.0751. The van der Waals surface area contributed by atoms with Crippen molar-refractivity contribution in [1.82, 2.24) is 10.2 Å². The van der Waals surface area contributed by atoms with Crippen molar-refractivity contribution in [2.45, 2.75) is 45.3 Å². The van der Waals surface area contributed by atoms with Gasteiger partial charge in [0.05, 0.1) is 12.6 Å². The van der Waals surface area contributed by atoms with Gasteiger partial charge in [0.15, 0.2) is 0 Å². The van der Waals surface area contributed by atoms with Crippen LogP contribution in [-0.2, 0) is 9.53 Å². The van der Waals surface area contributed by atoms with Gasteiger partial charge in [0.1, 0.15) is 0 Å². The first kappa shape index (κ1) is 16.4. The predicted molar refractivity (Wildman–Crippen MR) is 76.9 cm³/mol. The molecule has 0 aliphatic heterocycles. The fraction of sp³-hybridized carbons (Fsp3) is 0.929. The summed E-state index contributed by atoms with van der Waals surface area (Å²) < 4.78 is 5.42. The Kier molecular flexibility index (Phi) is 7.34. The van der Waals surface area contributed by atoms with Gasteiger partial charge in [0, 0.05) is 25.7 Å². The quantitative estimate of drug-likeness (QED) is 0.571. The molecule has 1 fully saturated rings. The van der Waals surface area contributed by atoms with E-state index in [9.17, 15) is 4.79 Å². The van der Waals surface area contributed by atoms with Crippen LogP contribution in [0.25, 0.3) is 0 Å². The average molecular weight is 271 g/mol. The molecular formula is C14H29N3O2. The maximum Gasteiger partial charge on any atom is 0.234 e. The van der Waals surface area contributed by atoms with E-state index >= 15 is 0 Å². The van der Waals surface area contributed by atoms with E-state index in [-0.39, 0.29) is 12.0 Å². The van der Waals surface area contributed by atoms with E-state index in [0.717, 1.165) is 6.42 Å². The lowest BCUT2D eigenvalue weighted by molar-refractivity contribution is -0.122. The van der Waals surface area contributed by atoms with Crippen LogP contribution in [0, 0.1) is 5.92 Å². The van der Waals surface area contributed by atoms with Crippen LogP contribution in [0.1, 0.15) is 33.1 Å². The topological polar surface area (TPSA) is 67.6 Å². The highest BCUT2D eigenvalue weighted by Crippen LogP contribution is 2.34. The highest BCUT2D eigenvalue weighted by Gasteiger charge is 2.33. The Bertz CT molecular complexity index is 267. The number of carbonyl (C=O) groups is 1. The lowest BCUT2D eigenvalue weighted by Crippen LogP contribution is -2.45. The predicted octanol–water partition coefficient (Wildman–Crippen LogP) is 0.587.